The fourth-order valence-electron chi connectivity index (χ4n) is 3.58. The van der Waals surface area contributed by atoms with E-state index in [2.05, 4.69) is 60.2 Å². The molecule has 0 N–H and O–H groups in total. The van der Waals surface area contributed by atoms with E-state index in [0.29, 0.717) is 5.92 Å². The van der Waals surface area contributed by atoms with Gasteiger partial charge in [0.15, 0.2) is 0 Å². The van der Waals surface area contributed by atoms with Gasteiger partial charge < -0.3 is 0 Å². The van der Waals surface area contributed by atoms with Crippen molar-refractivity contribution in [3.05, 3.63) is 70.2 Å². The van der Waals surface area contributed by atoms with Crippen molar-refractivity contribution < 1.29 is 0 Å². The fourth-order valence-corrected chi connectivity index (χ4v) is 3.91. The number of benzene rings is 2. The molecule has 3 heteroatoms. The highest BCUT2D eigenvalue weighted by atomic mass is 35.5. The normalized spacial score (nSPS) is 14.4. The molecule has 1 aliphatic rings. The van der Waals surface area contributed by atoms with Crippen LogP contribution < -0.4 is 0 Å². The Balaban J connectivity index is 0.00000243. The Bertz CT molecular complexity index is 740. The van der Waals surface area contributed by atoms with Crippen molar-refractivity contribution in [2.24, 2.45) is 0 Å². The fraction of sp³-hybridized carbons (Fsp3) is 0.391. The van der Waals surface area contributed by atoms with Crippen LogP contribution in [0, 0.1) is 11.8 Å². The van der Waals surface area contributed by atoms with Gasteiger partial charge in [0, 0.05) is 17.1 Å². The molecule has 0 unspecified atom stereocenters. The summed E-state index contributed by atoms with van der Waals surface area (Å²) in [5.74, 6) is 7.16. The van der Waals surface area contributed by atoms with E-state index in [1.165, 1.54) is 43.2 Å². The summed E-state index contributed by atoms with van der Waals surface area (Å²) in [6.45, 7) is 1.66. The molecule has 0 radical (unpaired) electrons. The molecule has 0 bridgehead atoms. The van der Waals surface area contributed by atoms with E-state index < -0.39 is 0 Å². The number of halogens is 2. The molecule has 0 atom stereocenters. The van der Waals surface area contributed by atoms with E-state index in [-0.39, 0.29) is 12.4 Å². The smallest absolute Gasteiger partial charge is 0.0605 e. The topological polar surface area (TPSA) is 3.24 Å². The van der Waals surface area contributed by atoms with Gasteiger partial charge in [0.05, 0.1) is 6.54 Å². The molecule has 26 heavy (non-hydrogen) atoms. The molecule has 0 heterocycles. The zero-order chi connectivity index (χ0) is 17.5. The summed E-state index contributed by atoms with van der Waals surface area (Å²) < 4.78 is 0. The van der Waals surface area contributed by atoms with Crippen LogP contribution in [0.25, 0.3) is 0 Å². The second-order valence-electron chi connectivity index (χ2n) is 7.03. The lowest BCUT2D eigenvalue weighted by molar-refractivity contribution is 0.369. The van der Waals surface area contributed by atoms with Gasteiger partial charge >= 0.3 is 0 Å². The molecule has 1 aliphatic carbocycles. The van der Waals surface area contributed by atoms with E-state index in [1.807, 2.05) is 12.1 Å². The number of nitrogens with zero attached hydrogens (tertiary/aromatic N) is 1. The number of rotatable bonds is 4. The van der Waals surface area contributed by atoms with Gasteiger partial charge in [0.25, 0.3) is 0 Å². The molecule has 1 fully saturated rings. The molecule has 3 rings (SSSR count). The van der Waals surface area contributed by atoms with Crippen molar-refractivity contribution in [3.8, 4) is 11.8 Å². The molecule has 0 aromatic heterocycles. The second kappa shape index (κ2) is 10.6. The Morgan fingerprint density at radius 2 is 1.77 bits per heavy atom. The second-order valence-corrected chi connectivity index (χ2v) is 7.44. The molecular weight excluding hydrogens is 361 g/mol. The Morgan fingerprint density at radius 1 is 1.04 bits per heavy atom. The number of hydrogen-bond donors (Lipinski definition) is 0. The summed E-state index contributed by atoms with van der Waals surface area (Å²) in [6.07, 6.45) is 6.57. The van der Waals surface area contributed by atoms with Crippen LogP contribution in [0.4, 0.5) is 0 Å². The Morgan fingerprint density at radius 3 is 2.46 bits per heavy atom. The lowest BCUT2D eigenvalue weighted by Crippen LogP contribution is -2.17. The monoisotopic (exact) mass is 387 g/mol. The predicted molar refractivity (Wildman–Crippen MR) is 114 cm³/mol. The first-order chi connectivity index (χ1) is 12.2. The Labute approximate surface area is 169 Å². The molecule has 1 nitrogen and oxygen atoms in total. The molecule has 2 aromatic carbocycles. The number of hydrogen-bond acceptors (Lipinski definition) is 1. The quantitative estimate of drug-likeness (QED) is 0.556. The minimum Gasteiger partial charge on any atom is -0.291 e. The first kappa shape index (κ1) is 20.8. The molecular formula is C23H27Cl2N. The van der Waals surface area contributed by atoms with Crippen molar-refractivity contribution in [3.63, 3.8) is 0 Å². The highest BCUT2D eigenvalue weighted by Crippen LogP contribution is 2.36. The third kappa shape index (κ3) is 6.06. The van der Waals surface area contributed by atoms with Gasteiger partial charge in [-0.25, -0.2) is 0 Å². The first-order valence-electron chi connectivity index (χ1n) is 9.23. The summed E-state index contributed by atoms with van der Waals surface area (Å²) in [5.41, 5.74) is 3.64. The van der Waals surface area contributed by atoms with Gasteiger partial charge in [-0.2, -0.15) is 0 Å². The zero-order valence-corrected chi connectivity index (χ0v) is 17.0. The van der Waals surface area contributed by atoms with Crippen LogP contribution in [0.5, 0.6) is 0 Å². The minimum absolute atomic E-state index is 0. The SMILES string of the molecule is CN(CC#Cc1ccc(C2CCCCC2)c(Cl)c1)Cc1ccccc1.Cl. The largest absolute Gasteiger partial charge is 0.291 e. The Kier molecular flexibility index (Phi) is 8.52. The van der Waals surface area contributed by atoms with Crippen LogP contribution in [-0.4, -0.2) is 18.5 Å². The van der Waals surface area contributed by atoms with Crippen molar-refractivity contribution >= 4 is 24.0 Å². The van der Waals surface area contributed by atoms with Crippen LogP contribution >= 0.6 is 24.0 Å². The van der Waals surface area contributed by atoms with Crippen molar-refractivity contribution in [1.82, 2.24) is 4.90 Å². The van der Waals surface area contributed by atoms with E-state index in [0.717, 1.165) is 23.7 Å². The third-order valence-electron chi connectivity index (χ3n) is 4.92. The lowest BCUT2D eigenvalue weighted by Gasteiger charge is -2.22. The maximum absolute atomic E-state index is 6.53. The van der Waals surface area contributed by atoms with Crippen LogP contribution in [0.3, 0.4) is 0 Å². The van der Waals surface area contributed by atoms with Crippen molar-refractivity contribution in [2.75, 3.05) is 13.6 Å². The summed E-state index contributed by atoms with van der Waals surface area (Å²) in [4.78, 5) is 2.22. The minimum atomic E-state index is 0. The lowest BCUT2D eigenvalue weighted by atomic mass is 9.84. The summed E-state index contributed by atoms with van der Waals surface area (Å²) in [7, 11) is 2.10. The summed E-state index contributed by atoms with van der Waals surface area (Å²) in [5, 5.41) is 0.886. The highest BCUT2D eigenvalue weighted by molar-refractivity contribution is 6.31. The zero-order valence-electron chi connectivity index (χ0n) is 15.4. The predicted octanol–water partition coefficient (Wildman–Crippen LogP) is 6.29. The van der Waals surface area contributed by atoms with E-state index in [1.54, 1.807) is 0 Å². The summed E-state index contributed by atoms with van der Waals surface area (Å²) in [6, 6.07) is 16.8. The molecule has 138 valence electrons. The molecule has 0 aliphatic heterocycles. The van der Waals surface area contributed by atoms with E-state index >= 15 is 0 Å². The van der Waals surface area contributed by atoms with Gasteiger partial charge in [0.1, 0.15) is 0 Å². The standard InChI is InChI=1S/C23H26ClN.ClH/c1-25(18-20-9-4-2-5-10-20)16-8-11-19-14-15-22(23(24)17-19)21-12-6-3-7-13-21;/h2,4-5,9-10,14-15,17,21H,3,6-7,12-13,16,18H2,1H3;1H. The van der Waals surface area contributed by atoms with Gasteiger partial charge in [-0.1, -0.05) is 79.1 Å². The van der Waals surface area contributed by atoms with Crippen molar-refractivity contribution in [1.29, 1.82) is 0 Å². The van der Waals surface area contributed by atoms with Crippen LogP contribution in [0.15, 0.2) is 48.5 Å². The van der Waals surface area contributed by atoms with Gasteiger partial charge in [-0.05, 0) is 49.1 Å². The van der Waals surface area contributed by atoms with E-state index in [4.69, 9.17) is 11.6 Å². The van der Waals surface area contributed by atoms with Gasteiger partial charge in [0.2, 0.25) is 0 Å². The Hall–Kier alpha value is -1.46. The summed E-state index contributed by atoms with van der Waals surface area (Å²) >= 11 is 6.53. The highest BCUT2D eigenvalue weighted by Gasteiger charge is 2.17. The first-order valence-corrected chi connectivity index (χ1v) is 9.61. The van der Waals surface area contributed by atoms with Crippen LogP contribution in [-0.2, 0) is 6.54 Å². The molecule has 0 saturated heterocycles. The maximum atomic E-state index is 6.53. The van der Waals surface area contributed by atoms with Gasteiger partial charge in [-0.15, -0.1) is 12.4 Å². The maximum Gasteiger partial charge on any atom is 0.0605 e. The van der Waals surface area contributed by atoms with Crippen LogP contribution in [0.2, 0.25) is 5.02 Å². The molecule has 0 amide bonds. The molecule has 0 spiro atoms. The average Bonchev–Trinajstić information content (AvgIpc) is 2.63. The molecule has 2 aromatic rings. The van der Waals surface area contributed by atoms with Crippen LogP contribution in [0.1, 0.15) is 54.7 Å². The molecule has 1 saturated carbocycles. The third-order valence-corrected chi connectivity index (χ3v) is 5.25. The van der Waals surface area contributed by atoms with Gasteiger partial charge in [-0.3, -0.25) is 4.90 Å². The van der Waals surface area contributed by atoms with Crippen molar-refractivity contribution in [2.45, 2.75) is 44.6 Å². The average molecular weight is 388 g/mol. The van der Waals surface area contributed by atoms with E-state index in [9.17, 15) is 0 Å².